The molecule has 166 valence electrons. The summed E-state index contributed by atoms with van der Waals surface area (Å²) < 4.78 is 0. The van der Waals surface area contributed by atoms with E-state index in [1.807, 2.05) is 12.1 Å². The third-order valence-corrected chi connectivity index (χ3v) is 6.78. The van der Waals surface area contributed by atoms with Gasteiger partial charge in [-0.25, -0.2) is 9.97 Å². The van der Waals surface area contributed by atoms with E-state index in [-0.39, 0.29) is 17.4 Å². The van der Waals surface area contributed by atoms with Gasteiger partial charge in [0.2, 0.25) is 0 Å². The normalized spacial score (nSPS) is 14.8. The molecule has 0 radical (unpaired) electrons. The van der Waals surface area contributed by atoms with Gasteiger partial charge in [0.05, 0.1) is 11.9 Å². The second kappa shape index (κ2) is 9.13. The van der Waals surface area contributed by atoms with Crippen molar-refractivity contribution in [3.8, 4) is 22.4 Å². The summed E-state index contributed by atoms with van der Waals surface area (Å²) in [6, 6.07) is 17.5. The molecule has 4 aromatic rings. The lowest BCUT2D eigenvalue weighted by atomic mass is 10.0. The Morgan fingerprint density at radius 2 is 2.06 bits per heavy atom. The molecule has 4 N–H and O–H groups in total. The van der Waals surface area contributed by atoms with E-state index < -0.39 is 0 Å². The predicted molar refractivity (Wildman–Crippen MR) is 133 cm³/mol. The van der Waals surface area contributed by atoms with Crippen molar-refractivity contribution in [2.45, 2.75) is 25.4 Å². The zero-order valence-electron chi connectivity index (χ0n) is 18.3. The Labute approximate surface area is 196 Å². The quantitative estimate of drug-likeness (QED) is 0.395. The van der Waals surface area contributed by atoms with Crippen LogP contribution in [-0.4, -0.2) is 22.9 Å². The number of aryl methyl sites for hydroxylation is 1. The van der Waals surface area contributed by atoms with Crippen LogP contribution in [-0.2, 0) is 13.0 Å². The number of hydrogen-bond donors (Lipinski definition) is 3. The molecular formula is C26H25N5OS. The molecule has 0 saturated carbocycles. The molecule has 6 nitrogen and oxygen atoms in total. The number of benzene rings is 2. The number of thiophene rings is 1. The van der Waals surface area contributed by atoms with Gasteiger partial charge in [0.15, 0.2) is 11.5 Å². The number of anilines is 1. The second-order valence-corrected chi connectivity index (χ2v) is 8.95. The fraction of sp³-hybridized carbons (Fsp3) is 0.192. The molecule has 2 heterocycles. The van der Waals surface area contributed by atoms with Crippen molar-refractivity contribution in [3.05, 3.63) is 87.9 Å². The number of amides is 1. The van der Waals surface area contributed by atoms with Gasteiger partial charge >= 0.3 is 0 Å². The molecule has 5 rings (SSSR count). The van der Waals surface area contributed by atoms with Crippen LogP contribution in [0.5, 0.6) is 0 Å². The number of nitrogens with one attached hydrogen (secondary N) is 2. The molecule has 0 aliphatic heterocycles. The molecule has 1 aliphatic rings. The molecule has 2 aromatic heterocycles. The van der Waals surface area contributed by atoms with Crippen LogP contribution < -0.4 is 16.4 Å². The summed E-state index contributed by atoms with van der Waals surface area (Å²) in [4.78, 5) is 20.6. The third-order valence-electron chi connectivity index (χ3n) is 6.09. The number of aromatic nitrogens is 2. The first kappa shape index (κ1) is 21.3. The van der Waals surface area contributed by atoms with E-state index in [0.29, 0.717) is 11.7 Å². The number of nitrogen functional groups attached to an aromatic ring is 1. The molecule has 1 aliphatic carbocycles. The summed E-state index contributed by atoms with van der Waals surface area (Å²) in [7, 11) is 1.55. The molecule has 0 spiro atoms. The Balaban J connectivity index is 1.31. The highest BCUT2D eigenvalue weighted by Crippen LogP contribution is 2.35. The van der Waals surface area contributed by atoms with Crippen LogP contribution in [0.4, 0.5) is 5.82 Å². The van der Waals surface area contributed by atoms with E-state index in [4.69, 9.17) is 5.73 Å². The van der Waals surface area contributed by atoms with Crippen LogP contribution in [0.25, 0.3) is 22.4 Å². The summed E-state index contributed by atoms with van der Waals surface area (Å²) in [5.74, 6) is -0.222. The van der Waals surface area contributed by atoms with Gasteiger partial charge in [-0.1, -0.05) is 36.4 Å². The maximum Gasteiger partial charge on any atom is 0.273 e. The minimum Gasteiger partial charge on any atom is -0.382 e. The topological polar surface area (TPSA) is 92.9 Å². The van der Waals surface area contributed by atoms with Crippen LogP contribution >= 0.6 is 11.3 Å². The van der Waals surface area contributed by atoms with Gasteiger partial charge in [0.25, 0.3) is 5.91 Å². The van der Waals surface area contributed by atoms with Crippen LogP contribution in [0.1, 0.15) is 39.6 Å². The number of nitrogens with zero attached hydrogens (tertiary/aromatic N) is 2. The fourth-order valence-corrected chi connectivity index (χ4v) is 5.01. The third kappa shape index (κ3) is 4.37. The van der Waals surface area contributed by atoms with Gasteiger partial charge in [0, 0.05) is 25.2 Å². The van der Waals surface area contributed by atoms with Crippen molar-refractivity contribution in [3.63, 3.8) is 0 Å². The number of hydrogen-bond acceptors (Lipinski definition) is 6. The molecule has 1 unspecified atom stereocenters. The van der Waals surface area contributed by atoms with Crippen LogP contribution in [0, 0.1) is 0 Å². The molecule has 1 amide bonds. The summed E-state index contributed by atoms with van der Waals surface area (Å²) >= 11 is 1.73. The molecule has 1 atom stereocenters. The average Bonchev–Trinajstić information content (AvgIpc) is 3.53. The molecule has 2 aromatic carbocycles. The fourth-order valence-electron chi connectivity index (χ4n) is 4.34. The van der Waals surface area contributed by atoms with Crippen molar-refractivity contribution in [2.75, 3.05) is 12.8 Å². The molecule has 0 bridgehead atoms. The van der Waals surface area contributed by atoms with Gasteiger partial charge in [0.1, 0.15) is 0 Å². The first-order chi connectivity index (χ1) is 16.1. The van der Waals surface area contributed by atoms with Crippen molar-refractivity contribution >= 4 is 23.1 Å². The first-order valence-corrected chi connectivity index (χ1v) is 11.9. The van der Waals surface area contributed by atoms with Crippen molar-refractivity contribution in [1.29, 1.82) is 0 Å². The van der Waals surface area contributed by atoms with Gasteiger partial charge < -0.3 is 16.4 Å². The smallest absolute Gasteiger partial charge is 0.273 e. The summed E-state index contributed by atoms with van der Waals surface area (Å²) in [6.45, 7) is 0.745. The minimum atomic E-state index is -0.346. The first-order valence-electron chi connectivity index (χ1n) is 10.9. The van der Waals surface area contributed by atoms with Gasteiger partial charge in [-0.2, -0.15) is 11.3 Å². The van der Waals surface area contributed by atoms with E-state index in [2.05, 4.69) is 67.8 Å². The van der Waals surface area contributed by atoms with E-state index in [9.17, 15) is 4.79 Å². The molecule has 0 saturated heterocycles. The highest BCUT2D eigenvalue weighted by molar-refractivity contribution is 7.08. The minimum absolute atomic E-state index is 0.123. The maximum absolute atomic E-state index is 12.0. The molecule has 7 heteroatoms. The van der Waals surface area contributed by atoms with Crippen molar-refractivity contribution < 1.29 is 4.79 Å². The molecular weight excluding hydrogens is 430 g/mol. The Kier molecular flexibility index (Phi) is 5.90. The Morgan fingerprint density at radius 1 is 1.15 bits per heavy atom. The number of carbonyl (C=O) groups excluding carboxylic acids is 1. The Bertz CT molecular complexity index is 1300. The number of nitrogens with two attached hydrogens (primary N) is 1. The van der Waals surface area contributed by atoms with E-state index in [0.717, 1.165) is 30.5 Å². The van der Waals surface area contributed by atoms with E-state index in [1.54, 1.807) is 24.6 Å². The van der Waals surface area contributed by atoms with Gasteiger partial charge in [-0.05, 0) is 63.6 Å². The summed E-state index contributed by atoms with van der Waals surface area (Å²) in [5.41, 5.74) is 14.1. The largest absolute Gasteiger partial charge is 0.382 e. The lowest BCUT2D eigenvalue weighted by molar-refractivity contribution is 0.0959. The van der Waals surface area contributed by atoms with Crippen LogP contribution in [0.15, 0.2) is 65.5 Å². The monoisotopic (exact) mass is 455 g/mol. The summed E-state index contributed by atoms with van der Waals surface area (Å²) in [5, 5.41) is 10.6. The van der Waals surface area contributed by atoms with E-state index in [1.165, 1.54) is 22.3 Å². The second-order valence-electron chi connectivity index (χ2n) is 8.17. The van der Waals surface area contributed by atoms with Crippen LogP contribution in [0.3, 0.4) is 0 Å². The lowest BCUT2D eigenvalue weighted by Crippen LogP contribution is -2.21. The zero-order chi connectivity index (χ0) is 22.8. The van der Waals surface area contributed by atoms with Gasteiger partial charge in [-0.15, -0.1) is 0 Å². The number of carbonyl (C=O) groups is 1. The average molecular weight is 456 g/mol. The lowest BCUT2D eigenvalue weighted by Gasteiger charge is -2.15. The van der Waals surface area contributed by atoms with E-state index >= 15 is 0 Å². The van der Waals surface area contributed by atoms with Crippen molar-refractivity contribution in [2.24, 2.45) is 0 Å². The predicted octanol–water partition coefficient (Wildman–Crippen LogP) is 4.59. The number of rotatable bonds is 6. The highest BCUT2D eigenvalue weighted by Gasteiger charge is 2.22. The Hall–Kier alpha value is -3.55. The standard InChI is InChI=1S/C26H25N5OS/c1-28-26(32)24-25(27)30-14-23(31-24)19-4-2-3-16(11-19)13-29-22-8-6-18-12-17(5-7-21(18)22)20-9-10-33-15-20/h2-5,7,9-12,14-15,22,29H,6,8,13H2,1H3,(H2,27,30)(H,28,32). The summed E-state index contributed by atoms with van der Waals surface area (Å²) in [6.07, 6.45) is 3.79. The molecule has 33 heavy (non-hydrogen) atoms. The number of fused-ring (bicyclic) bond motifs is 1. The van der Waals surface area contributed by atoms with Crippen molar-refractivity contribution in [1.82, 2.24) is 20.6 Å². The van der Waals surface area contributed by atoms with Gasteiger partial charge in [-0.3, -0.25) is 4.79 Å². The highest BCUT2D eigenvalue weighted by atomic mass is 32.1. The van der Waals surface area contributed by atoms with Crippen LogP contribution in [0.2, 0.25) is 0 Å². The SMILES string of the molecule is CNC(=O)c1nc(-c2cccc(CNC3CCc4cc(-c5ccsc5)ccc43)c2)cnc1N. The maximum atomic E-state index is 12.0. The Morgan fingerprint density at radius 3 is 2.88 bits per heavy atom. The molecule has 0 fully saturated rings. The zero-order valence-corrected chi connectivity index (χ0v) is 19.2.